The van der Waals surface area contributed by atoms with E-state index in [4.69, 9.17) is 11.6 Å². The summed E-state index contributed by atoms with van der Waals surface area (Å²) in [6, 6.07) is 21.8. The van der Waals surface area contributed by atoms with Gasteiger partial charge in [0, 0.05) is 30.3 Å². The first-order chi connectivity index (χ1) is 15.9. The van der Waals surface area contributed by atoms with Crippen molar-refractivity contribution in [3.05, 3.63) is 88.9 Å². The van der Waals surface area contributed by atoms with E-state index in [1.165, 1.54) is 24.3 Å². The average Bonchev–Trinajstić information content (AvgIpc) is 2.81. The molecule has 168 valence electrons. The molecule has 1 heterocycles. The topological polar surface area (TPSA) is 93.5 Å². The summed E-state index contributed by atoms with van der Waals surface area (Å²) in [4.78, 5) is 16.6. The number of sulfonamides is 1. The number of anilines is 2. The molecule has 1 saturated heterocycles. The van der Waals surface area contributed by atoms with Gasteiger partial charge in [0.15, 0.2) is 0 Å². The number of nitrogens with zero attached hydrogens (tertiary/aromatic N) is 3. The van der Waals surface area contributed by atoms with Gasteiger partial charge in [-0.2, -0.15) is 5.26 Å². The van der Waals surface area contributed by atoms with Crippen LogP contribution in [-0.4, -0.2) is 32.4 Å². The Hall–Kier alpha value is -3.54. The normalized spacial score (nSPS) is 14.1. The summed E-state index contributed by atoms with van der Waals surface area (Å²) in [5, 5.41) is 9.78. The summed E-state index contributed by atoms with van der Waals surface area (Å²) in [5.41, 5.74) is 2.28. The molecular formula is C24H21ClN4O3S. The van der Waals surface area contributed by atoms with Crippen LogP contribution >= 0.6 is 11.6 Å². The predicted octanol–water partition coefficient (Wildman–Crippen LogP) is 4.84. The zero-order valence-electron chi connectivity index (χ0n) is 17.6. The molecule has 1 aliphatic heterocycles. The van der Waals surface area contributed by atoms with E-state index in [-0.39, 0.29) is 10.9 Å². The molecule has 0 aliphatic carbocycles. The van der Waals surface area contributed by atoms with E-state index in [1.54, 1.807) is 46.2 Å². The van der Waals surface area contributed by atoms with Crippen molar-refractivity contribution < 1.29 is 13.2 Å². The van der Waals surface area contributed by atoms with Gasteiger partial charge in [-0.3, -0.25) is 9.62 Å². The van der Waals surface area contributed by atoms with Crippen molar-refractivity contribution >= 4 is 39.0 Å². The minimum Gasteiger partial charge on any atom is -0.320 e. The first-order valence-electron chi connectivity index (χ1n) is 10.3. The van der Waals surface area contributed by atoms with Crippen LogP contribution in [0.5, 0.6) is 0 Å². The number of amides is 2. The number of urea groups is 1. The molecule has 3 aromatic carbocycles. The number of hydrogen-bond acceptors (Lipinski definition) is 4. The molecule has 0 spiro atoms. The highest BCUT2D eigenvalue weighted by Crippen LogP contribution is 2.26. The number of nitriles is 1. The molecule has 0 radical (unpaired) electrons. The molecule has 7 nitrogen and oxygen atoms in total. The van der Waals surface area contributed by atoms with E-state index in [9.17, 15) is 18.5 Å². The Morgan fingerprint density at radius 1 is 1.00 bits per heavy atom. The van der Waals surface area contributed by atoms with E-state index in [2.05, 4.69) is 10.8 Å². The van der Waals surface area contributed by atoms with Gasteiger partial charge in [0.1, 0.15) is 0 Å². The highest BCUT2D eigenvalue weighted by Gasteiger charge is 2.27. The van der Waals surface area contributed by atoms with E-state index >= 15 is 0 Å². The molecule has 0 saturated carbocycles. The van der Waals surface area contributed by atoms with E-state index in [0.29, 0.717) is 41.6 Å². The molecule has 0 bridgehead atoms. The lowest BCUT2D eigenvalue weighted by atomic mass is 10.1. The summed E-state index contributed by atoms with van der Waals surface area (Å²) in [5.74, 6) is 0. The van der Waals surface area contributed by atoms with Crippen molar-refractivity contribution in [2.75, 3.05) is 22.7 Å². The van der Waals surface area contributed by atoms with Gasteiger partial charge in [-0.05, 0) is 60.5 Å². The van der Waals surface area contributed by atoms with Crippen molar-refractivity contribution in [1.82, 2.24) is 4.90 Å². The maximum absolute atomic E-state index is 13.2. The average molecular weight is 481 g/mol. The third kappa shape index (κ3) is 5.11. The molecular weight excluding hydrogens is 460 g/mol. The first kappa shape index (κ1) is 22.6. The van der Waals surface area contributed by atoms with Gasteiger partial charge in [-0.25, -0.2) is 13.2 Å². The quantitative estimate of drug-likeness (QED) is 0.546. The second-order valence-corrected chi connectivity index (χ2v) is 9.71. The first-order valence-corrected chi connectivity index (χ1v) is 12.2. The number of carbonyl (C=O) groups is 1. The third-order valence-electron chi connectivity index (χ3n) is 5.34. The Bertz CT molecular complexity index is 1320. The SMILES string of the molecule is N#Cc1ccccc1CN1CCCN(c2cccc(NS(=O)(=O)c3ccc(Cl)cc3)c2)C1=O. The summed E-state index contributed by atoms with van der Waals surface area (Å²) < 4.78 is 28.0. The number of halogens is 1. The molecule has 0 atom stereocenters. The van der Waals surface area contributed by atoms with E-state index in [1.807, 2.05) is 12.1 Å². The van der Waals surface area contributed by atoms with Crippen molar-refractivity contribution in [1.29, 1.82) is 5.26 Å². The van der Waals surface area contributed by atoms with Crippen LogP contribution in [0, 0.1) is 11.3 Å². The van der Waals surface area contributed by atoms with Crippen LogP contribution in [0.1, 0.15) is 17.5 Å². The number of nitrogens with one attached hydrogen (secondary N) is 1. The number of benzene rings is 3. The summed E-state index contributed by atoms with van der Waals surface area (Å²) in [6.07, 6.45) is 0.751. The largest absolute Gasteiger partial charge is 0.324 e. The minimum absolute atomic E-state index is 0.0914. The zero-order valence-corrected chi connectivity index (χ0v) is 19.2. The van der Waals surface area contributed by atoms with E-state index in [0.717, 1.165) is 12.0 Å². The van der Waals surface area contributed by atoms with Crippen molar-refractivity contribution in [2.24, 2.45) is 0 Å². The fourth-order valence-electron chi connectivity index (χ4n) is 3.71. The van der Waals surface area contributed by atoms with Crippen molar-refractivity contribution in [2.45, 2.75) is 17.9 Å². The van der Waals surface area contributed by atoms with Crippen LogP contribution in [0.25, 0.3) is 0 Å². The molecule has 2 amide bonds. The standard InChI is InChI=1S/C24H21ClN4O3S/c25-20-9-11-23(12-10-20)33(31,32)27-21-7-3-8-22(15-21)29-14-4-13-28(24(29)30)17-19-6-2-1-5-18(19)16-26/h1-3,5-12,15,27H,4,13-14,17H2. The minimum atomic E-state index is -3.80. The molecule has 3 aromatic rings. The van der Waals surface area contributed by atoms with Crippen LogP contribution in [-0.2, 0) is 16.6 Å². The van der Waals surface area contributed by atoms with Gasteiger partial charge < -0.3 is 4.90 Å². The molecule has 1 aliphatic rings. The molecule has 4 rings (SSSR count). The molecule has 33 heavy (non-hydrogen) atoms. The molecule has 0 unspecified atom stereocenters. The van der Waals surface area contributed by atoms with Crippen LogP contribution in [0.15, 0.2) is 77.7 Å². The second-order valence-electron chi connectivity index (χ2n) is 7.59. The van der Waals surface area contributed by atoms with Crippen molar-refractivity contribution in [3.63, 3.8) is 0 Å². The monoisotopic (exact) mass is 480 g/mol. The Morgan fingerprint density at radius 3 is 2.52 bits per heavy atom. The third-order valence-corrected chi connectivity index (χ3v) is 6.99. The number of hydrogen-bond donors (Lipinski definition) is 1. The van der Waals surface area contributed by atoms with Gasteiger partial charge in [0.05, 0.1) is 22.2 Å². The number of rotatable bonds is 6. The van der Waals surface area contributed by atoms with Gasteiger partial charge in [-0.1, -0.05) is 35.9 Å². The van der Waals surface area contributed by atoms with Crippen LogP contribution in [0.4, 0.5) is 16.2 Å². The maximum Gasteiger partial charge on any atom is 0.324 e. The highest BCUT2D eigenvalue weighted by molar-refractivity contribution is 7.92. The lowest BCUT2D eigenvalue weighted by Gasteiger charge is -2.36. The van der Waals surface area contributed by atoms with Crippen LogP contribution in [0.3, 0.4) is 0 Å². The Balaban J connectivity index is 1.53. The molecule has 9 heteroatoms. The molecule has 1 N–H and O–H groups in total. The van der Waals surface area contributed by atoms with Crippen molar-refractivity contribution in [3.8, 4) is 6.07 Å². The van der Waals surface area contributed by atoms with Gasteiger partial charge in [0.25, 0.3) is 10.0 Å². The Morgan fingerprint density at radius 2 is 1.76 bits per heavy atom. The van der Waals surface area contributed by atoms with Crippen LogP contribution in [0.2, 0.25) is 5.02 Å². The molecule has 1 fully saturated rings. The predicted molar refractivity (Wildman–Crippen MR) is 128 cm³/mol. The van der Waals surface area contributed by atoms with Gasteiger partial charge in [-0.15, -0.1) is 0 Å². The Kier molecular flexibility index (Phi) is 6.54. The highest BCUT2D eigenvalue weighted by atomic mass is 35.5. The van der Waals surface area contributed by atoms with Gasteiger partial charge >= 0.3 is 6.03 Å². The zero-order chi connectivity index (χ0) is 23.4. The summed E-state index contributed by atoms with van der Waals surface area (Å²) in [7, 11) is -3.80. The second kappa shape index (κ2) is 9.53. The van der Waals surface area contributed by atoms with Crippen LogP contribution < -0.4 is 9.62 Å². The van der Waals surface area contributed by atoms with Gasteiger partial charge in [0.2, 0.25) is 0 Å². The molecule has 0 aromatic heterocycles. The smallest absolute Gasteiger partial charge is 0.320 e. The fraction of sp³-hybridized carbons (Fsp3) is 0.167. The van der Waals surface area contributed by atoms with E-state index < -0.39 is 10.0 Å². The lowest BCUT2D eigenvalue weighted by Crippen LogP contribution is -2.49. The number of carbonyl (C=O) groups excluding carboxylic acids is 1. The Labute approximate surface area is 197 Å². The maximum atomic E-state index is 13.2. The fourth-order valence-corrected chi connectivity index (χ4v) is 4.88. The summed E-state index contributed by atoms with van der Waals surface area (Å²) >= 11 is 5.85. The lowest BCUT2D eigenvalue weighted by molar-refractivity contribution is 0.192. The summed E-state index contributed by atoms with van der Waals surface area (Å²) in [6.45, 7) is 1.43.